The molecule has 1 aromatic rings. The van der Waals surface area contributed by atoms with Crippen LogP contribution in [0.5, 0.6) is 0 Å². The summed E-state index contributed by atoms with van der Waals surface area (Å²) in [5.74, 6) is 0.902. The van der Waals surface area contributed by atoms with Gasteiger partial charge in [0.2, 0.25) is 0 Å². The van der Waals surface area contributed by atoms with Crippen molar-refractivity contribution in [2.24, 2.45) is 11.8 Å². The topological polar surface area (TPSA) is 26.3 Å². The summed E-state index contributed by atoms with van der Waals surface area (Å²) < 4.78 is 6.04. The summed E-state index contributed by atoms with van der Waals surface area (Å²) in [5, 5.41) is 0. The number of methoxy groups -OCH3 is 1. The molecule has 1 saturated carbocycles. The minimum absolute atomic E-state index is 0.145. The molecule has 1 fully saturated rings. The number of hydrogen-bond acceptors (Lipinski definition) is 3. The minimum atomic E-state index is -1.71. The fourth-order valence-electron chi connectivity index (χ4n) is 4.02. The van der Waals surface area contributed by atoms with E-state index in [4.69, 9.17) is 4.74 Å². The summed E-state index contributed by atoms with van der Waals surface area (Å²) in [5.41, 5.74) is 0. The molecule has 1 aliphatic carbocycles. The molecule has 2 rings (SSSR count). The Hall–Kier alpha value is -0.583. The summed E-state index contributed by atoms with van der Waals surface area (Å²) in [7, 11) is 0.141. The predicted molar refractivity (Wildman–Crippen MR) is 102 cm³/mol. The maximum absolute atomic E-state index is 12.5. The van der Waals surface area contributed by atoms with E-state index in [1.165, 1.54) is 4.90 Å². The van der Waals surface area contributed by atoms with Crippen molar-refractivity contribution in [3.8, 4) is 0 Å². The van der Waals surface area contributed by atoms with Gasteiger partial charge in [-0.2, -0.15) is 0 Å². The summed E-state index contributed by atoms with van der Waals surface area (Å²) in [6, 6.07) is 10.5. The summed E-state index contributed by atoms with van der Waals surface area (Å²) in [4.78, 5) is 13.8. The molecular weight excluding hydrogens is 320 g/mol. The Kier molecular flexibility index (Phi) is 6.14. The second-order valence-electron chi connectivity index (χ2n) is 7.52. The van der Waals surface area contributed by atoms with Crippen molar-refractivity contribution in [3.63, 3.8) is 0 Å². The smallest absolute Gasteiger partial charge is 0.136 e. The molecule has 1 aliphatic rings. The van der Waals surface area contributed by atoms with Crippen molar-refractivity contribution >= 4 is 25.6 Å². The van der Waals surface area contributed by atoms with E-state index in [1.54, 1.807) is 0 Å². The van der Waals surface area contributed by atoms with Gasteiger partial charge in [-0.05, 0) is 31.4 Å². The normalized spacial score (nSPS) is 25.2. The van der Waals surface area contributed by atoms with Gasteiger partial charge in [-0.1, -0.05) is 56.5 Å². The highest BCUT2D eigenvalue weighted by atomic mass is 32.2. The lowest BCUT2D eigenvalue weighted by atomic mass is 9.77. The molecular formula is C19H30O2SSi. The van der Waals surface area contributed by atoms with Gasteiger partial charge in [0, 0.05) is 30.3 Å². The Morgan fingerprint density at radius 2 is 1.91 bits per heavy atom. The van der Waals surface area contributed by atoms with Crippen molar-refractivity contribution in [2.75, 3.05) is 7.11 Å². The van der Waals surface area contributed by atoms with Gasteiger partial charge in [-0.15, -0.1) is 0 Å². The largest absolute Gasteiger partial charge is 0.371 e. The fraction of sp³-hybridized carbons (Fsp3) is 0.632. The van der Waals surface area contributed by atoms with Crippen molar-refractivity contribution < 1.29 is 9.53 Å². The van der Waals surface area contributed by atoms with E-state index >= 15 is 0 Å². The summed E-state index contributed by atoms with van der Waals surface area (Å²) in [6.45, 7) is 9.27. The van der Waals surface area contributed by atoms with Gasteiger partial charge in [0.1, 0.15) is 10.3 Å². The second kappa shape index (κ2) is 7.54. The summed E-state index contributed by atoms with van der Waals surface area (Å²) in [6.07, 6.45) is 3.78. The lowest BCUT2D eigenvalue weighted by molar-refractivity contribution is -0.129. The number of ether oxygens (including phenoxy) is 1. The van der Waals surface area contributed by atoms with Gasteiger partial charge < -0.3 is 4.74 Å². The molecule has 0 radical (unpaired) electrons. The predicted octanol–water partition coefficient (Wildman–Crippen LogP) is 5.39. The van der Waals surface area contributed by atoms with Crippen LogP contribution in [-0.4, -0.2) is 25.5 Å². The average molecular weight is 351 g/mol. The minimum Gasteiger partial charge on any atom is -0.371 e. The second-order valence-corrected chi connectivity index (χ2v) is 14.4. The first kappa shape index (κ1) is 18.8. The highest BCUT2D eigenvalue weighted by Crippen LogP contribution is 2.52. The zero-order valence-electron chi connectivity index (χ0n) is 15.1. The van der Waals surface area contributed by atoms with Gasteiger partial charge >= 0.3 is 0 Å². The van der Waals surface area contributed by atoms with Crippen LogP contribution in [0, 0.1) is 11.8 Å². The average Bonchev–Trinajstić information content (AvgIpc) is 2.52. The number of benzene rings is 1. The zero-order valence-corrected chi connectivity index (χ0v) is 16.9. The van der Waals surface area contributed by atoms with Crippen molar-refractivity contribution in [2.45, 2.75) is 61.7 Å². The lowest BCUT2D eigenvalue weighted by Crippen LogP contribution is -2.59. The molecule has 0 spiro atoms. The number of Topliss-reactive ketones (excluding diaryl/α,β-unsaturated/α-hetero) is 1. The molecule has 0 heterocycles. The van der Waals surface area contributed by atoms with E-state index in [1.807, 2.05) is 24.9 Å². The van der Waals surface area contributed by atoms with Crippen molar-refractivity contribution in [1.29, 1.82) is 0 Å². The van der Waals surface area contributed by atoms with Gasteiger partial charge in [0.25, 0.3) is 0 Å². The van der Waals surface area contributed by atoms with Crippen LogP contribution in [0.1, 0.15) is 32.6 Å². The third-order valence-corrected chi connectivity index (χ3v) is 11.2. The van der Waals surface area contributed by atoms with Gasteiger partial charge in [-0.25, -0.2) is 0 Å². The molecule has 0 amide bonds. The molecule has 4 heteroatoms. The first-order valence-electron chi connectivity index (χ1n) is 8.67. The Morgan fingerprint density at radius 3 is 2.43 bits per heavy atom. The van der Waals surface area contributed by atoms with E-state index in [0.717, 1.165) is 25.7 Å². The van der Waals surface area contributed by atoms with Crippen LogP contribution >= 0.6 is 11.8 Å². The molecule has 0 aromatic heterocycles. The monoisotopic (exact) mass is 350 g/mol. The molecule has 0 aliphatic heterocycles. The fourth-order valence-corrected chi connectivity index (χ4v) is 8.83. The third-order valence-electron chi connectivity index (χ3n) is 5.13. The van der Waals surface area contributed by atoms with E-state index in [9.17, 15) is 4.79 Å². The standard InChI is InChI=1S/C19H30O2SSi/c1-6-16-17(13-10-14-18(16)20)19(21-2,23(3,4)5)22-15-11-8-7-9-12-15/h7-9,11-12,16-17H,6,10,13-14H2,1-5H3/t16-,17+,19?/m0/s1. The van der Waals surface area contributed by atoms with Crippen LogP contribution in [0.2, 0.25) is 19.6 Å². The van der Waals surface area contributed by atoms with E-state index in [-0.39, 0.29) is 10.5 Å². The maximum atomic E-state index is 12.5. The Balaban J connectivity index is 2.46. The van der Waals surface area contributed by atoms with Crippen molar-refractivity contribution in [1.82, 2.24) is 0 Å². The Labute approximate surface area is 146 Å². The van der Waals surface area contributed by atoms with E-state index in [2.05, 4.69) is 50.8 Å². The SMILES string of the molecule is CC[C@@H]1C(=O)CCC[C@H]1C(OC)(Sc1ccccc1)[Si](C)(C)C. The third kappa shape index (κ3) is 3.75. The van der Waals surface area contributed by atoms with Crippen LogP contribution in [0.3, 0.4) is 0 Å². The maximum Gasteiger partial charge on any atom is 0.136 e. The highest BCUT2D eigenvalue weighted by molar-refractivity contribution is 8.02. The number of hydrogen-bond donors (Lipinski definition) is 0. The highest BCUT2D eigenvalue weighted by Gasteiger charge is 2.54. The molecule has 0 N–H and O–H groups in total. The quantitative estimate of drug-likeness (QED) is 0.391. The Morgan fingerprint density at radius 1 is 1.26 bits per heavy atom. The number of carbonyl (C=O) groups excluding carboxylic acids is 1. The number of carbonyl (C=O) groups is 1. The molecule has 23 heavy (non-hydrogen) atoms. The number of thioether (sulfide) groups is 1. The first-order chi connectivity index (χ1) is 10.9. The van der Waals surface area contributed by atoms with Gasteiger partial charge in [0.05, 0.1) is 8.07 Å². The molecule has 1 unspecified atom stereocenters. The number of ketones is 1. The molecule has 1 aromatic carbocycles. The van der Waals surface area contributed by atoms with Gasteiger partial charge in [-0.3, -0.25) is 4.79 Å². The zero-order chi connectivity index (χ0) is 17.1. The molecule has 0 bridgehead atoms. The lowest BCUT2D eigenvalue weighted by Gasteiger charge is -2.51. The Bertz CT molecular complexity index is 526. The van der Waals surface area contributed by atoms with E-state index < -0.39 is 8.07 Å². The number of rotatable bonds is 6. The van der Waals surface area contributed by atoms with Crippen LogP contribution in [0.4, 0.5) is 0 Å². The first-order valence-corrected chi connectivity index (χ1v) is 13.0. The van der Waals surface area contributed by atoms with Gasteiger partial charge in [0.15, 0.2) is 0 Å². The van der Waals surface area contributed by atoms with Crippen LogP contribution < -0.4 is 0 Å². The molecule has 2 nitrogen and oxygen atoms in total. The van der Waals surface area contributed by atoms with Crippen molar-refractivity contribution in [3.05, 3.63) is 30.3 Å². The molecule has 3 atom stereocenters. The van der Waals surface area contributed by atoms with Crippen LogP contribution in [0.15, 0.2) is 35.2 Å². The molecule has 128 valence electrons. The van der Waals surface area contributed by atoms with Crippen LogP contribution in [0.25, 0.3) is 0 Å². The van der Waals surface area contributed by atoms with Crippen LogP contribution in [-0.2, 0) is 9.53 Å². The summed E-state index contributed by atoms with van der Waals surface area (Å²) >= 11 is 1.86. The van der Waals surface area contributed by atoms with E-state index in [0.29, 0.717) is 11.7 Å². The molecule has 0 saturated heterocycles.